The molecule has 3 rings (SSSR count). The van der Waals surface area contributed by atoms with Crippen LogP contribution >= 0.6 is 11.6 Å². The zero-order valence-corrected chi connectivity index (χ0v) is 15.7. The van der Waals surface area contributed by atoms with Gasteiger partial charge in [-0.25, -0.2) is 4.39 Å². The largest absolute Gasteiger partial charge is 0.459 e. The molecule has 7 nitrogen and oxygen atoms in total. The molecule has 1 aliphatic heterocycles. The first kappa shape index (κ1) is 19.9. The molecule has 148 valence electrons. The van der Waals surface area contributed by atoms with Crippen LogP contribution in [0.1, 0.15) is 16.1 Å². The third kappa shape index (κ3) is 4.69. The highest BCUT2D eigenvalue weighted by Crippen LogP contribution is 2.19. The Balaban J connectivity index is 1.44. The Labute approximate surface area is 165 Å². The number of rotatable bonds is 5. The zero-order chi connectivity index (χ0) is 20.1. The molecule has 0 bridgehead atoms. The molecule has 1 aliphatic rings. The molecule has 1 saturated heterocycles. The van der Waals surface area contributed by atoms with Gasteiger partial charge in [0.05, 0.1) is 12.7 Å². The van der Waals surface area contributed by atoms with Gasteiger partial charge in [-0.3, -0.25) is 14.4 Å². The maximum absolute atomic E-state index is 13.7. The minimum atomic E-state index is -0.744. The molecule has 0 saturated carbocycles. The van der Waals surface area contributed by atoms with Gasteiger partial charge >= 0.3 is 5.97 Å². The van der Waals surface area contributed by atoms with Crippen molar-refractivity contribution in [2.24, 2.45) is 0 Å². The van der Waals surface area contributed by atoms with Crippen LogP contribution in [0.2, 0.25) is 5.02 Å². The van der Waals surface area contributed by atoms with Crippen molar-refractivity contribution in [3.05, 3.63) is 58.8 Å². The van der Waals surface area contributed by atoms with Gasteiger partial charge in [0.15, 0.2) is 12.4 Å². The Kier molecular flexibility index (Phi) is 6.30. The maximum Gasteiger partial charge on any atom is 0.310 e. The van der Waals surface area contributed by atoms with Crippen molar-refractivity contribution < 1.29 is 27.9 Å². The Bertz CT molecular complexity index is 843. The van der Waals surface area contributed by atoms with Crippen molar-refractivity contribution >= 4 is 29.4 Å². The van der Waals surface area contributed by atoms with Crippen molar-refractivity contribution in [3.8, 4) is 0 Å². The van der Waals surface area contributed by atoms with E-state index in [4.69, 9.17) is 20.8 Å². The van der Waals surface area contributed by atoms with Crippen LogP contribution in [0.4, 0.5) is 4.39 Å². The summed E-state index contributed by atoms with van der Waals surface area (Å²) >= 11 is 5.87. The maximum atomic E-state index is 13.7. The third-order valence-electron chi connectivity index (χ3n) is 4.39. The summed E-state index contributed by atoms with van der Waals surface area (Å²) in [5.74, 6) is -1.70. The first-order valence-electron chi connectivity index (χ1n) is 8.65. The second-order valence-corrected chi connectivity index (χ2v) is 6.60. The fourth-order valence-electron chi connectivity index (χ4n) is 2.85. The summed E-state index contributed by atoms with van der Waals surface area (Å²) in [6, 6.07) is 7.33. The van der Waals surface area contributed by atoms with Crippen LogP contribution in [-0.4, -0.2) is 60.4 Å². The number of furan rings is 1. The molecular weight excluding hydrogens is 391 g/mol. The lowest BCUT2D eigenvalue weighted by atomic mass is 10.1. The van der Waals surface area contributed by atoms with Crippen LogP contribution in [0.5, 0.6) is 0 Å². The first-order chi connectivity index (χ1) is 13.5. The number of ether oxygens (including phenoxy) is 1. The third-order valence-corrected chi connectivity index (χ3v) is 4.75. The van der Waals surface area contributed by atoms with Gasteiger partial charge in [0.1, 0.15) is 5.82 Å². The fraction of sp³-hybridized carbons (Fsp3) is 0.316. The minimum Gasteiger partial charge on any atom is -0.459 e. The van der Waals surface area contributed by atoms with Gasteiger partial charge < -0.3 is 19.0 Å². The number of piperazine rings is 1. The number of carbonyl (C=O) groups is 3. The van der Waals surface area contributed by atoms with Gasteiger partial charge in [0.25, 0.3) is 11.8 Å². The van der Waals surface area contributed by atoms with Crippen LogP contribution < -0.4 is 0 Å². The summed E-state index contributed by atoms with van der Waals surface area (Å²) in [5, 5.41) is 0.126. The molecule has 1 aromatic heterocycles. The Hall–Kier alpha value is -2.87. The van der Waals surface area contributed by atoms with E-state index in [0.29, 0.717) is 26.2 Å². The summed E-state index contributed by atoms with van der Waals surface area (Å²) in [5.41, 5.74) is 0.0340. The van der Waals surface area contributed by atoms with E-state index in [2.05, 4.69) is 0 Å². The molecule has 0 atom stereocenters. The lowest BCUT2D eigenvalue weighted by molar-refractivity contribution is -0.152. The summed E-state index contributed by atoms with van der Waals surface area (Å²) in [6.07, 6.45) is 1.07. The van der Waals surface area contributed by atoms with Gasteiger partial charge in [0.2, 0.25) is 0 Å². The van der Waals surface area contributed by atoms with E-state index < -0.39 is 18.4 Å². The normalized spacial score (nSPS) is 14.1. The Morgan fingerprint density at radius 3 is 2.43 bits per heavy atom. The summed E-state index contributed by atoms with van der Waals surface area (Å²) < 4.78 is 23.7. The van der Waals surface area contributed by atoms with E-state index in [9.17, 15) is 18.8 Å². The van der Waals surface area contributed by atoms with Gasteiger partial charge in [-0.05, 0) is 24.3 Å². The molecule has 0 radical (unpaired) electrons. The van der Waals surface area contributed by atoms with Crippen LogP contribution in [0, 0.1) is 5.82 Å². The van der Waals surface area contributed by atoms with Gasteiger partial charge in [-0.1, -0.05) is 17.7 Å². The van der Waals surface area contributed by atoms with E-state index >= 15 is 0 Å². The predicted octanol–water partition coefficient (Wildman–Crippen LogP) is 2.14. The average Bonchev–Trinajstić information content (AvgIpc) is 3.23. The number of benzene rings is 1. The van der Waals surface area contributed by atoms with Crippen molar-refractivity contribution in [1.29, 1.82) is 0 Å². The van der Waals surface area contributed by atoms with Gasteiger partial charge in [-0.2, -0.15) is 0 Å². The highest BCUT2D eigenvalue weighted by Gasteiger charge is 2.26. The second-order valence-electron chi connectivity index (χ2n) is 6.19. The molecule has 0 N–H and O–H groups in total. The van der Waals surface area contributed by atoms with Gasteiger partial charge in [0, 0.05) is 36.8 Å². The molecule has 0 aliphatic carbocycles. The van der Waals surface area contributed by atoms with Crippen LogP contribution in [0.25, 0.3) is 0 Å². The quantitative estimate of drug-likeness (QED) is 0.708. The number of esters is 1. The smallest absolute Gasteiger partial charge is 0.310 e. The molecule has 2 heterocycles. The van der Waals surface area contributed by atoms with E-state index in [-0.39, 0.29) is 34.6 Å². The fourth-order valence-corrected chi connectivity index (χ4v) is 3.07. The van der Waals surface area contributed by atoms with Crippen LogP contribution in [0.15, 0.2) is 41.0 Å². The Morgan fingerprint density at radius 2 is 1.79 bits per heavy atom. The second kappa shape index (κ2) is 8.88. The standard InChI is InChI=1S/C19H18ClFN2O5/c20-14-3-1-4-15(21)13(14)11-18(25)28-12-17(24)22-6-8-23(9-7-22)19(26)16-5-2-10-27-16/h1-5,10H,6-9,11-12H2. The SMILES string of the molecule is O=C(Cc1c(F)cccc1Cl)OCC(=O)N1CCN(C(=O)c2ccco2)CC1. The average molecular weight is 409 g/mol. The molecule has 1 aromatic carbocycles. The lowest BCUT2D eigenvalue weighted by Gasteiger charge is -2.34. The van der Waals surface area contributed by atoms with Crippen molar-refractivity contribution in [3.63, 3.8) is 0 Å². The highest BCUT2D eigenvalue weighted by atomic mass is 35.5. The minimum absolute atomic E-state index is 0.0340. The zero-order valence-electron chi connectivity index (χ0n) is 14.9. The number of nitrogens with zero attached hydrogens (tertiary/aromatic N) is 2. The van der Waals surface area contributed by atoms with E-state index in [0.717, 1.165) is 0 Å². The first-order valence-corrected chi connectivity index (χ1v) is 9.02. The summed E-state index contributed by atoms with van der Waals surface area (Å²) in [4.78, 5) is 39.4. The highest BCUT2D eigenvalue weighted by molar-refractivity contribution is 6.31. The lowest BCUT2D eigenvalue weighted by Crippen LogP contribution is -2.51. The van der Waals surface area contributed by atoms with Crippen molar-refractivity contribution in [2.75, 3.05) is 32.8 Å². The number of hydrogen-bond donors (Lipinski definition) is 0. The topological polar surface area (TPSA) is 80.1 Å². The van der Waals surface area contributed by atoms with Gasteiger partial charge in [-0.15, -0.1) is 0 Å². The van der Waals surface area contributed by atoms with Crippen LogP contribution in [-0.2, 0) is 20.7 Å². The molecule has 0 unspecified atom stereocenters. The summed E-state index contributed by atoms with van der Waals surface area (Å²) in [7, 11) is 0. The summed E-state index contributed by atoms with van der Waals surface area (Å²) in [6.45, 7) is 0.898. The van der Waals surface area contributed by atoms with E-state index in [1.165, 1.54) is 29.4 Å². The molecule has 9 heteroatoms. The molecule has 1 fully saturated rings. The molecular formula is C19H18ClFN2O5. The Morgan fingerprint density at radius 1 is 1.07 bits per heavy atom. The monoisotopic (exact) mass is 408 g/mol. The van der Waals surface area contributed by atoms with Crippen LogP contribution in [0.3, 0.4) is 0 Å². The van der Waals surface area contributed by atoms with E-state index in [1.807, 2.05) is 0 Å². The number of halogens is 2. The number of amides is 2. The van der Waals surface area contributed by atoms with E-state index in [1.54, 1.807) is 17.0 Å². The van der Waals surface area contributed by atoms with Crippen molar-refractivity contribution in [2.45, 2.75) is 6.42 Å². The predicted molar refractivity (Wildman–Crippen MR) is 97.3 cm³/mol. The molecule has 0 spiro atoms. The molecule has 2 aromatic rings. The number of carbonyl (C=O) groups excluding carboxylic acids is 3. The van der Waals surface area contributed by atoms with Crippen molar-refractivity contribution in [1.82, 2.24) is 9.80 Å². The molecule has 28 heavy (non-hydrogen) atoms. The molecule has 2 amide bonds. The number of hydrogen-bond acceptors (Lipinski definition) is 5.